The number of nitrogens with zero attached hydrogens (tertiary/aromatic N) is 3. The lowest BCUT2D eigenvalue weighted by Crippen LogP contribution is -2.39. The van der Waals surface area contributed by atoms with Crippen molar-refractivity contribution in [1.82, 2.24) is 14.5 Å². The molecule has 5 heteroatoms. The summed E-state index contributed by atoms with van der Waals surface area (Å²) in [7, 11) is 2.24. The van der Waals surface area contributed by atoms with Gasteiger partial charge in [-0.2, -0.15) is 0 Å². The molecule has 1 aliphatic heterocycles. The molecule has 0 aromatic carbocycles. The molecule has 1 saturated heterocycles. The lowest BCUT2D eigenvalue weighted by Gasteiger charge is -2.32. The first-order chi connectivity index (χ1) is 10.2. The number of anilines is 1. The molecule has 0 radical (unpaired) electrons. The van der Waals surface area contributed by atoms with Gasteiger partial charge in [0.05, 0.1) is 5.69 Å². The van der Waals surface area contributed by atoms with E-state index in [2.05, 4.69) is 39.9 Å². The van der Waals surface area contributed by atoms with Crippen LogP contribution in [0.3, 0.4) is 0 Å². The number of aromatic nitrogens is 2. The van der Waals surface area contributed by atoms with Crippen LogP contribution in [0, 0.1) is 6.92 Å². The molecule has 1 unspecified atom stereocenters. The van der Waals surface area contributed by atoms with Gasteiger partial charge in [-0.3, -0.25) is 0 Å². The summed E-state index contributed by atoms with van der Waals surface area (Å²) in [6, 6.07) is 0.635. The summed E-state index contributed by atoms with van der Waals surface area (Å²) in [5.41, 5.74) is 1.08. The molecule has 2 heterocycles. The summed E-state index contributed by atoms with van der Waals surface area (Å²) < 4.78 is 7.65. The van der Waals surface area contributed by atoms with Crippen molar-refractivity contribution in [1.29, 1.82) is 0 Å². The van der Waals surface area contributed by atoms with E-state index < -0.39 is 0 Å². The standard InChI is InChI=1S/C16H30N4O/c1-4-21-11-7-9-17-16-18-14(2)12-20(16)13-15-8-5-6-10-19(15)3/h12,15H,4-11,13H2,1-3H3,(H,17,18). The van der Waals surface area contributed by atoms with Gasteiger partial charge in [0, 0.05) is 38.5 Å². The number of aryl methyl sites for hydroxylation is 1. The first kappa shape index (κ1) is 16.3. The Labute approximate surface area is 128 Å². The Bertz CT molecular complexity index is 418. The Hall–Kier alpha value is -1.07. The van der Waals surface area contributed by atoms with Crippen LogP contribution in [0.25, 0.3) is 0 Å². The second-order valence-electron chi connectivity index (χ2n) is 5.97. The molecule has 0 spiro atoms. The van der Waals surface area contributed by atoms with E-state index in [1.807, 2.05) is 6.92 Å². The molecular weight excluding hydrogens is 264 g/mol. The van der Waals surface area contributed by atoms with E-state index in [0.29, 0.717) is 6.04 Å². The Morgan fingerprint density at radius 2 is 2.29 bits per heavy atom. The van der Waals surface area contributed by atoms with Gasteiger partial charge >= 0.3 is 0 Å². The van der Waals surface area contributed by atoms with Crippen LogP contribution in [0.15, 0.2) is 6.20 Å². The van der Waals surface area contributed by atoms with Crippen LogP contribution >= 0.6 is 0 Å². The van der Waals surface area contributed by atoms with Crippen LogP contribution in [0.4, 0.5) is 5.95 Å². The summed E-state index contributed by atoms with van der Waals surface area (Å²) in [6.45, 7) is 8.87. The third-order valence-corrected chi connectivity index (χ3v) is 4.18. The van der Waals surface area contributed by atoms with E-state index in [1.165, 1.54) is 25.8 Å². The molecule has 21 heavy (non-hydrogen) atoms. The quantitative estimate of drug-likeness (QED) is 0.748. The van der Waals surface area contributed by atoms with Crippen LogP contribution in [-0.2, 0) is 11.3 Å². The molecule has 5 nitrogen and oxygen atoms in total. The molecule has 2 rings (SSSR count). The van der Waals surface area contributed by atoms with Gasteiger partial charge in [-0.05, 0) is 46.7 Å². The number of imidazole rings is 1. The fraction of sp³-hybridized carbons (Fsp3) is 0.812. The molecule has 1 fully saturated rings. The van der Waals surface area contributed by atoms with Crippen molar-refractivity contribution in [3.05, 3.63) is 11.9 Å². The highest BCUT2D eigenvalue weighted by atomic mass is 16.5. The lowest BCUT2D eigenvalue weighted by molar-refractivity contribution is 0.147. The van der Waals surface area contributed by atoms with Crippen molar-refractivity contribution in [3.8, 4) is 0 Å². The van der Waals surface area contributed by atoms with Gasteiger partial charge in [0.2, 0.25) is 5.95 Å². The van der Waals surface area contributed by atoms with E-state index in [1.54, 1.807) is 0 Å². The number of hydrogen-bond acceptors (Lipinski definition) is 4. The lowest BCUT2D eigenvalue weighted by atomic mass is 10.0. The molecule has 0 saturated carbocycles. The molecule has 1 N–H and O–H groups in total. The molecule has 0 bridgehead atoms. The minimum Gasteiger partial charge on any atom is -0.382 e. The van der Waals surface area contributed by atoms with Gasteiger partial charge in [0.1, 0.15) is 0 Å². The van der Waals surface area contributed by atoms with Crippen molar-refractivity contribution in [3.63, 3.8) is 0 Å². The number of likely N-dealkylation sites (tertiary alicyclic amines) is 1. The van der Waals surface area contributed by atoms with E-state index in [4.69, 9.17) is 4.74 Å². The van der Waals surface area contributed by atoms with Crippen molar-refractivity contribution >= 4 is 5.95 Å². The number of nitrogens with one attached hydrogen (secondary N) is 1. The molecule has 0 aliphatic carbocycles. The van der Waals surface area contributed by atoms with E-state index >= 15 is 0 Å². The van der Waals surface area contributed by atoms with Gasteiger partial charge < -0.3 is 19.5 Å². The first-order valence-electron chi connectivity index (χ1n) is 8.26. The highest BCUT2D eigenvalue weighted by molar-refractivity contribution is 5.28. The molecule has 1 aromatic heterocycles. The van der Waals surface area contributed by atoms with E-state index in [0.717, 1.165) is 44.4 Å². The van der Waals surface area contributed by atoms with Crippen molar-refractivity contribution in [2.75, 3.05) is 38.7 Å². The largest absolute Gasteiger partial charge is 0.382 e. The van der Waals surface area contributed by atoms with Crippen molar-refractivity contribution in [2.24, 2.45) is 0 Å². The Morgan fingerprint density at radius 3 is 3.05 bits per heavy atom. The molecule has 0 amide bonds. The third-order valence-electron chi connectivity index (χ3n) is 4.18. The second-order valence-corrected chi connectivity index (χ2v) is 5.97. The number of hydrogen-bond donors (Lipinski definition) is 1. The Kier molecular flexibility index (Phi) is 6.51. The van der Waals surface area contributed by atoms with Crippen molar-refractivity contribution in [2.45, 2.75) is 52.1 Å². The summed E-state index contributed by atoms with van der Waals surface area (Å²) in [5, 5.41) is 3.45. The summed E-state index contributed by atoms with van der Waals surface area (Å²) in [6.07, 6.45) is 7.15. The Balaban J connectivity index is 1.87. The fourth-order valence-electron chi connectivity index (χ4n) is 2.95. The predicted molar refractivity (Wildman–Crippen MR) is 86.8 cm³/mol. The fourth-order valence-corrected chi connectivity index (χ4v) is 2.95. The molecule has 1 aliphatic rings. The predicted octanol–water partition coefficient (Wildman–Crippen LogP) is 2.51. The molecule has 1 aromatic rings. The summed E-state index contributed by atoms with van der Waals surface area (Å²) in [4.78, 5) is 7.10. The summed E-state index contributed by atoms with van der Waals surface area (Å²) >= 11 is 0. The Morgan fingerprint density at radius 1 is 1.43 bits per heavy atom. The first-order valence-corrected chi connectivity index (χ1v) is 8.26. The van der Waals surface area contributed by atoms with Gasteiger partial charge in [-0.15, -0.1) is 0 Å². The van der Waals surface area contributed by atoms with Crippen LogP contribution in [0.2, 0.25) is 0 Å². The van der Waals surface area contributed by atoms with Gasteiger partial charge in [-0.1, -0.05) is 6.42 Å². The maximum absolute atomic E-state index is 5.37. The van der Waals surface area contributed by atoms with Crippen LogP contribution in [0.1, 0.15) is 38.3 Å². The van der Waals surface area contributed by atoms with E-state index in [9.17, 15) is 0 Å². The van der Waals surface area contributed by atoms with Crippen LogP contribution in [-0.4, -0.2) is 53.8 Å². The average Bonchev–Trinajstić information content (AvgIpc) is 2.81. The zero-order valence-electron chi connectivity index (χ0n) is 13.8. The maximum Gasteiger partial charge on any atom is 0.203 e. The van der Waals surface area contributed by atoms with Crippen molar-refractivity contribution < 1.29 is 4.74 Å². The number of rotatable bonds is 8. The number of piperidine rings is 1. The van der Waals surface area contributed by atoms with E-state index in [-0.39, 0.29) is 0 Å². The third kappa shape index (κ3) is 5.00. The van der Waals surface area contributed by atoms with Crippen LogP contribution < -0.4 is 5.32 Å². The monoisotopic (exact) mass is 294 g/mol. The number of likely N-dealkylation sites (N-methyl/N-ethyl adjacent to an activating group) is 1. The molecule has 120 valence electrons. The van der Waals surface area contributed by atoms with Gasteiger partial charge in [-0.25, -0.2) is 4.98 Å². The summed E-state index contributed by atoms with van der Waals surface area (Å²) in [5.74, 6) is 1.00. The SMILES string of the molecule is CCOCCCNc1nc(C)cn1CC1CCCCN1C. The molecular formula is C16H30N4O. The topological polar surface area (TPSA) is 42.3 Å². The zero-order valence-corrected chi connectivity index (χ0v) is 13.8. The maximum atomic E-state index is 5.37. The smallest absolute Gasteiger partial charge is 0.203 e. The average molecular weight is 294 g/mol. The highest BCUT2D eigenvalue weighted by Gasteiger charge is 2.20. The normalized spacial score (nSPS) is 19.9. The zero-order chi connectivity index (χ0) is 15.1. The van der Waals surface area contributed by atoms with Crippen LogP contribution in [0.5, 0.6) is 0 Å². The highest BCUT2D eigenvalue weighted by Crippen LogP contribution is 2.19. The van der Waals surface area contributed by atoms with Gasteiger partial charge in [0.15, 0.2) is 0 Å². The van der Waals surface area contributed by atoms with Gasteiger partial charge in [0.25, 0.3) is 0 Å². The molecule has 1 atom stereocenters. The minimum atomic E-state index is 0.635. The second kappa shape index (κ2) is 8.39. The number of ether oxygens (including phenoxy) is 1. The minimum absolute atomic E-state index is 0.635.